The smallest absolute Gasteiger partial charge is 0.359 e. The molecule has 0 fully saturated rings. The zero-order valence-corrected chi connectivity index (χ0v) is 13.6. The Balaban J connectivity index is 1.69. The highest BCUT2D eigenvalue weighted by Gasteiger charge is 2.32. The van der Waals surface area contributed by atoms with Crippen LogP contribution in [0.2, 0.25) is 0 Å². The van der Waals surface area contributed by atoms with Crippen LogP contribution in [0.3, 0.4) is 0 Å². The molecule has 26 heavy (non-hydrogen) atoms. The van der Waals surface area contributed by atoms with Crippen LogP contribution in [-0.4, -0.2) is 33.0 Å². The number of rotatable bonds is 4. The minimum atomic E-state index is -4.54. The van der Waals surface area contributed by atoms with Gasteiger partial charge in [-0.2, -0.15) is 13.2 Å². The number of halogens is 3. The van der Waals surface area contributed by atoms with Gasteiger partial charge in [0.05, 0.1) is 12.1 Å². The maximum absolute atomic E-state index is 12.5. The van der Waals surface area contributed by atoms with Gasteiger partial charge in [0.15, 0.2) is 5.76 Å². The molecule has 0 aliphatic rings. The summed E-state index contributed by atoms with van der Waals surface area (Å²) in [7, 11) is 1.51. The van der Waals surface area contributed by atoms with Crippen LogP contribution in [0.15, 0.2) is 53.4 Å². The average Bonchev–Trinajstić information content (AvgIpc) is 3.09. The molecule has 0 bridgehead atoms. The maximum Gasteiger partial charge on any atom is 0.433 e. The first kappa shape index (κ1) is 17.6. The molecule has 0 aromatic carbocycles. The Labute approximate surface area is 146 Å². The number of amides is 1. The minimum absolute atomic E-state index is 0.0503. The number of alkyl halides is 3. The molecule has 0 saturated heterocycles. The van der Waals surface area contributed by atoms with Gasteiger partial charge in [-0.25, -0.2) is 0 Å². The van der Waals surface area contributed by atoms with E-state index >= 15 is 0 Å². The molecular weight excluding hydrogens is 349 g/mol. The molecule has 0 N–H and O–H groups in total. The van der Waals surface area contributed by atoms with E-state index in [0.717, 1.165) is 23.9 Å². The monoisotopic (exact) mass is 362 g/mol. The summed E-state index contributed by atoms with van der Waals surface area (Å²) in [5.41, 5.74) is 0.415. The van der Waals surface area contributed by atoms with E-state index in [1.165, 1.54) is 11.9 Å². The molecule has 3 aromatic heterocycles. The number of hydrogen-bond donors (Lipinski definition) is 0. The largest absolute Gasteiger partial charge is 0.433 e. The zero-order chi connectivity index (χ0) is 18.7. The van der Waals surface area contributed by atoms with Crippen LogP contribution in [0.5, 0.6) is 0 Å². The van der Waals surface area contributed by atoms with Gasteiger partial charge in [-0.3, -0.25) is 14.8 Å². The molecule has 0 spiro atoms. The van der Waals surface area contributed by atoms with Gasteiger partial charge in [0.2, 0.25) is 0 Å². The molecule has 0 saturated carbocycles. The standard InChI is InChI=1S/C17H13F3N4O2/c1-24(16(25)12-2-3-15(22-9-12)17(18,19)20)10-13-8-14(23-26-13)11-4-6-21-7-5-11/h2-9H,10H2,1H3. The summed E-state index contributed by atoms with van der Waals surface area (Å²) in [5.74, 6) is -0.0411. The van der Waals surface area contributed by atoms with Crippen molar-refractivity contribution in [3.8, 4) is 11.3 Å². The van der Waals surface area contributed by atoms with Crippen molar-refractivity contribution in [2.24, 2.45) is 0 Å². The van der Waals surface area contributed by atoms with Crippen LogP contribution in [0.25, 0.3) is 11.3 Å². The molecule has 0 unspecified atom stereocenters. The van der Waals surface area contributed by atoms with E-state index < -0.39 is 17.8 Å². The maximum atomic E-state index is 12.5. The Morgan fingerprint density at radius 2 is 1.92 bits per heavy atom. The van der Waals surface area contributed by atoms with Crippen LogP contribution in [0.4, 0.5) is 13.2 Å². The Morgan fingerprint density at radius 1 is 1.19 bits per heavy atom. The normalized spacial score (nSPS) is 11.4. The van der Waals surface area contributed by atoms with Crippen molar-refractivity contribution < 1.29 is 22.5 Å². The van der Waals surface area contributed by atoms with Crippen molar-refractivity contribution >= 4 is 5.91 Å². The van der Waals surface area contributed by atoms with Gasteiger partial charge >= 0.3 is 6.18 Å². The zero-order valence-electron chi connectivity index (χ0n) is 13.6. The first-order chi connectivity index (χ1) is 12.3. The van der Waals surface area contributed by atoms with Crippen LogP contribution in [-0.2, 0) is 12.7 Å². The fourth-order valence-corrected chi connectivity index (χ4v) is 2.26. The van der Waals surface area contributed by atoms with Gasteiger partial charge in [-0.1, -0.05) is 5.16 Å². The SMILES string of the molecule is CN(Cc1cc(-c2ccncc2)no1)C(=O)c1ccc(C(F)(F)F)nc1. The molecule has 0 aliphatic heterocycles. The molecule has 6 nitrogen and oxygen atoms in total. The lowest BCUT2D eigenvalue weighted by molar-refractivity contribution is -0.141. The van der Waals surface area contributed by atoms with Crippen LogP contribution in [0, 0.1) is 0 Å². The van der Waals surface area contributed by atoms with Crippen molar-refractivity contribution in [3.63, 3.8) is 0 Å². The Bertz CT molecular complexity index is 892. The van der Waals surface area contributed by atoms with Gasteiger partial charge in [-0.15, -0.1) is 0 Å². The van der Waals surface area contributed by atoms with Crippen molar-refractivity contribution in [1.29, 1.82) is 0 Å². The van der Waals surface area contributed by atoms with E-state index in [2.05, 4.69) is 15.1 Å². The van der Waals surface area contributed by atoms with E-state index in [0.29, 0.717) is 11.5 Å². The van der Waals surface area contributed by atoms with Gasteiger partial charge in [0.1, 0.15) is 11.4 Å². The third-order valence-electron chi connectivity index (χ3n) is 3.58. The summed E-state index contributed by atoms with van der Waals surface area (Å²) in [6, 6.07) is 7.09. The number of carbonyl (C=O) groups excluding carboxylic acids is 1. The number of aromatic nitrogens is 3. The van der Waals surface area contributed by atoms with E-state index in [-0.39, 0.29) is 12.1 Å². The van der Waals surface area contributed by atoms with Crippen LogP contribution in [0.1, 0.15) is 21.8 Å². The summed E-state index contributed by atoms with van der Waals surface area (Å²) in [5, 5.41) is 3.93. The molecule has 3 heterocycles. The van der Waals surface area contributed by atoms with Gasteiger partial charge < -0.3 is 9.42 Å². The highest BCUT2D eigenvalue weighted by molar-refractivity contribution is 5.93. The number of pyridine rings is 2. The quantitative estimate of drug-likeness (QED) is 0.711. The van der Waals surface area contributed by atoms with E-state index in [1.807, 2.05) is 0 Å². The summed E-state index contributed by atoms with van der Waals surface area (Å²) >= 11 is 0. The minimum Gasteiger partial charge on any atom is -0.359 e. The third kappa shape index (κ3) is 3.88. The molecule has 134 valence electrons. The highest BCUT2D eigenvalue weighted by atomic mass is 19.4. The van der Waals surface area contributed by atoms with E-state index in [9.17, 15) is 18.0 Å². The molecule has 0 radical (unpaired) electrons. The fraction of sp³-hybridized carbons (Fsp3) is 0.176. The highest BCUT2D eigenvalue weighted by Crippen LogP contribution is 2.27. The van der Waals surface area contributed by atoms with Crippen molar-refractivity contribution in [3.05, 3.63) is 65.9 Å². The fourth-order valence-electron chi connectivity index (χ4n) is 2.26. The predicted molar refractivity (Wildman–Crippen MR) is 84.8 cm³/mol. The number of hydrogen-bond acceptors (Lipinski definition) is 5. The molecule has 1 amide bonds. The summed E-state index contributed by atoms with van der Waals surface area (Å²) in [6.45, 7) is 0.109. The first-order valence-corrected chi connectivity index (χ1v) is 7.49. The lowest BCUT2D eigenvalue weighted by Gasteiger charge is -2.15. The molecule has 3 aromatic rings. The average molecular weight is 362 g/mol. The Morgan fingerprint density at radius 3 is 2.54 bits per heavy atom. The lowest BCUT2D eigenvalue weighted by atomic mass is 10.2. The Hall–Kier alpha value is -3.23. The molecule has 9 heteroatoms. The second-order valence-corrected chi connectivity index (χ2v) is 5.51. The topological polar surface area (TPSA) is 72.1 Å². The summed E-state index contributed by atoms with van der Waals surface area (Å²) < 4.78 is 42.8. The molecular formula is C17H13F3N4O2. The second kappa shape index (κ2) is 6.95. The first-order valence-electron chi connectivity index (χ1n) is 7.49. The van der Waals surface area contributed by atoms with E-state index in [1.54, 1.807) is 30.6 Å². The van der Waals surface area contributed by atoms with Crippen LogP contribution >= 0.6 is 0 Å². The van der Waals surface area contributed by atoms with Crippen LogP contribution < -0.4 is 0 Å². The van der Waals surface area contributed by atoms with Gasteiger partial charge in [-0.05, 0) is 24.3 Å². The predicted octanol–water partition coefficient (Wildman–Crippen LogP) is 3.42. The molecule has 0 atom stereocenters. The summed E-state index contributed by atoms with van der Waals surface area (Å²) in [6.07, 6.45) is -0.394. The number of nitrogens with zero attached hydrogens (tertiary/aromatic N) is 4. The lowest BCUT2D eigenvalue weighted by Crippen LogP contribution is -2.26. The molecule has 0 aliphatic carbocycles. The molecule has 3 rings (SSSR count). The number of carbonyl (C=O) groups is 1. The van der Waals surface area contributed by atoms with Crippen molar-refractivity contribution in [1.82, 2.24) is 20.0 Å². The second-order valence-electron chi connectivity index (χ2n) is 5.51. The van der Waals surface area contributed by atoms with Crippen molar-refractivity contribution in [2.45, 2.75) is 12.7 Å². The van der Waals surface area contributed by atoms with E-state index in [4.69, 9.17) is 4.52 Å². The Kier molecular flexibility index (Phi) is 4.70. The van der Waals surface area contributed by atoms with Crippen molar-refractivity contribution in [2.75, 3.05) is 7.05 Å². The summed E-state index contributed by atoms with van der Waals surface area (Å²) in [4.78, 5) is 20.8. The van der Waals surface area contributed by atoms with Gasteiger partial charge in [0, 0.05) is 37.3 Å². The third-order valence-corrected chi connectivity index (χ3v) is 3.58. The van der Waals surface area contributed by atoms with Gasteiger partial charge in [0.25, 0.3) is 5.91 Å².